The van der Waals surface area contributed by atoms with Gasteiger partial charge in [-0.25, -0.2) is 4.79 Å². The van der Waals surface area contributed by atoms with Gasteiger partial charge in [0.25, 0.3) is 0 Å². The molecule has 0 aromatic heterocycles. The highest BCUT2D eigenvalue weighted by Crippen LogP contribution is 2.44. The van der Waals surface area contributed by atoms with Crippen molar-refractivity contribution in [1.29, 1.82) is 0 Å². The van der Waals surface area contributed by atoms with Gasteiger partial charge in [0.2, 0.25) is 0 Å². The molecule has 0 saturated heterocycles. The van der Waals surface area contributed by atoms with Crippen LogP contribution < -0.4 is 11.1 Å². The lowest BCUT2D eigenvalue weighted by molar-refractivity contribution is 0.140. The van der Waals surface area contributed by atoms with Crippen LogP contribution in [-0.2, 0) is 4.74 Å². The number of amides is 1. The predicted molar refractivity (Wildman–Crippen MR) is 201 cm³/mol. The van der Waals surface area contributed by atoms with Crippen molar-refractivity contribution in [1.82, 2.24) is 5.32 Å². The fourth-order valence-corrected chi connectivity index (χ4v) is 6.37. The maximum atomic E-state index is 13.0. The maximum Gasteiger partial charge on any atom is 0.407 e. The molecule has 4 nitrogen and oxygen atoms in total. The summed E-state index contributed by atoms with van der Waals surface area (Å²) in [7, 11) is 0. The number of nitrogens with one attached hydrogen (secondary N) is 1. The Morgan fingerprint density at radius 2 is 0.898 bits per heavy atom. The molecule has 6 aromatic rings. The highest BCUT2D eigenvalue weighted by molar-refractivity contribution is 5.79. The van der Waals surface area contributed by atoms with Crippen molar-refractivity contribution in [3.8, 4) is 11.1 Å². The normalized spacial score (nSPS) is 11.8. The first-order valence-corrected chi connectivity index (χ1v) is 16.9. The van der Waals surface area contributed by atoms with Crippen LogP contribution in [0.5, 0.6) is 0 Å². The molecule has 0 fully saturated rings. The fourth-order valence-electron chi connectivity index (χ4n) is 6.37. The number of ether oxygens (including phenoxy) is 1. The Hall–Kier alpha value is -5.45. The molecule has 0 radical (unpaired) electrons. The second kappa shape index (κ2) is 15.2. The summed E-state index contributed by atoms with van der Waals surface area (Å²) in [6, 6.07) is 49.7. The maximum absolute atomic E-state index is 13.0. The van der Waals surface area contributed by atoms with Crippen LogP contribution in [0.15, 0.2) is 146 Å². The van der Waals surface area contributed by atoms with Gasteiger partial charge in [-0.05, 0) is 72.2 Å². The Kier molecular flexibility index (Phi) is 10.4. The van der Waals surface area contributed by atoms with E-state index in [-0.39, 0.29) is 18.0 Å². The van der Waals surface area contributed by atoms with Gasteiger partial charge >= 0.3 is 6.09 Å². The molecule has 4 heteroatoms. The summed E-state index contributed by atoms with van der Waals surface area (Å²) in [6.07, 6.45) is -0.414. The number of hydrogen-bond donors (Lipinski definition) is 2. The first kappa shape index (κ1) is 33.5. The molecule has 1 amide bonds. The van der Waals surface area contributed by atoms with Crippen molar-refractivity contribution < 1.29 is 9.53 Å². The Morgan fingerprint density at radius 3 is 1.29 bits per heavy atom. The number of benzene rings is 6. The van der Waals surface area contributed by atoms with Crippen LogP contribution in [0.4, 0.5) is 4.79 Å². The zero-order valence-electron chi connectivity index (χ0n) is 28.7. The highest BCUT2D eigenvalue weighted by atomic mass is 16.5. The van der Waals surface area contributed by atoms with Gasteiger partial charge in [-0.15, -0.1) is 0 Å². The van der Waals surface area contributed by atoms with Crippen LogP contribution >= 0.6 is 0 Å². The molecular formula is C45H44N2O2. The number of nitrogens with two attached hydrogens (primary N) is 1. The van der Waals surface area contributed by atoms with Crippen molar-refractivity contribution in [3.63, 3.8) is 0 Å². The van der Waals surface area contributed by atoms with Crippen molar-refractivity contribution in [2.45, 2.75) is 45.7 Å². The van der Waals surface area contributed by atoms with Gasteiger partial charge in [-0.1, -0.05) is 168 Å². The molecule has 0 aliphatic heterocycles. The third-order valence-electron chi connectivity index (χ3n) is 9.30. The molecule has 7 rings (SSSR count). The molecule has 1 aliphatic carbocycles. The van der Waals surface area contributed by atoms with Gasteiger partial charge in [-0.3, -0.25) is 0 Å². The summed E-state index contributed by atoms with van der Waals surface area (Å²) in [5.74, 6) is 0.0420. The zero-order chi connectivity index (χ0) is 34.3. The standard InChI is InChI=1S/C30H27NO2.C15H17N/c1-20-11-15-22(16-12-20)29(23-17-13-21(2)14-18-23)31-30(32)33-19-28-26-9-5-3-7-24(26)25-8-4-6-10-27(25)28;1-11-3-7-13(8-4-11)15(16)14-9-5-12(2)6-10-14/h3-18,28-29H,19H2,1-2H3,(H,31,32);3-10,15H,16H2,1-2H3. The first-order valence-electron chi connectivity index (χ1n) is 16.9. The second-order valence-electron chi connectivity index (χ2n) is 13.0. The molecule has 0 heterocycles. The average molecular weight is 645 g/mol. The van der Waals surface area contributed by atoms with E-state index >= 15 is 0 Å². The number of carbonyl (C=O) groups excluding carboxylic acids is 1. The molecule has 0 unspecified atom stereocenters. The van der Waals surface area contributed by atoms with E-state index in [0.29, 0.717) is 6.61 Å². The summed E-state index contributed by atoms with van der Waals surface area (Å²) in [4.78, 5) is 13.0. The van der Waals surface area contributed by atoms with Gasteiger partial charge in [0, 0.05) is 5.92 Å². The monoisotopic (exact) mass is 644 g/mol. The first-order chi connectivity index (χ1) is 23.8. The molecule has 0 atom stereocenters. The quantitative estimate of drug-likeness (QED) is 0.182. The van der Waals surface area contributed by atoms with E-state index < -0.39 is 6.09 Å². The summed E-state index contributed by atoms with van der Waals surface area (Å²) >= 11 is 0. The minimum Gasteiger partial charge on any atom is -0.449 e. The fraction of sp³-hybridized carbons (Fsp3) is 0.178. The smallest absolute Gasteiger partial charge is 0.407 e. The molecular weight excluding hydrogens is 601 g/mol. The molecule has 49 heavy (non-hydrogen) atoms. The molecule has 0 spiro atoms. The summed E-state index contributed by atoms with van der Waals surface area (Å²) in [6.45, 7) is 8.59. The van der Waals surface area contributed by atoms with Gasteiger partial charge in [0.1, 0.15) is 6.61 Å². The Bertz CT molecular complexity index is 1860. The molecule has 0 bridgehead atoms. The van der Waals surface area contributed by atoms with Crippen LogP contribution in [0, 0.1) is 27.7 Å². The van der Waals surface area contributed by atoms with Crippen molar-refractivity contribution >= 4 is 6.09 Å². The number of rotatable bonds is 7. The van der Waals surface area contributed by atoms with E-state index in [4.69, 9.17) is 10.5 Å². The third kappa shape index (κ3) is 7.99. The third-order valence-corrected chi connectivity index (χ3v) is 9.30. The number of aryl methyl sites for hydroxylation is 4. The Labute approximate surface area is 290 Å². The molecule has 0 saturated carbocycles. The van der Waals surface area contributed by atoms with Crippen LogP contribution in [0.2, 0.25) is 0 Å². The Morgan fingerprint density at radius 1 is 0.551 bits per heavy atom. The summed E-state index contributed by atoms with van der Waals surface area (Å²) in [5.41, 5.74) is 20.3. The van der Waals surface area contributed by atoms with Crippen molar-refractivity contribution in [2.75, 3.05) is 6.61 Å². The lowest BCUT2D eigenvalue weighted by Gasteiger charge is -2.21. The van der Waals surface area contributed by atoms with E-state index in [2.05, 4.69) is 166 Å². The largest absolute Gasteiger partial charge is 0.449 e. The molecule has 246 valence electrons. The van der Waals surface area contributed by atoms with Gasteiger partial charge in [-0.2, -0.15) is 0 Å². The van der Waals surface area contributed by atoms with Gasteiger partial charge in [0.15, 0.2) is 0 Å². The molecule has 6 aromatic carbocycles. The second-order valence-corrected chi connectivity index (χ2v) is 13.0. The average Bonchev–Trinajstić information content (AvgIpc) is 3.45. The topological polar surface area (TPSA) is 64.3 Å². The lowest BCUT2D eigenvalue weighted by atomic mass is 9.97. The van der Waals surface area contributed by atoms with E-state index in [9.17, 15) is 4.79 Å². The number of fused-ring (bicyclic) bond motifs is 3. The van der Waals surface area contributed by atoms with Crippen LogP contribution in [0.25, 0.3) is 11.1 Å². The van der Waals surface area contributed by atoms with E-state index in [0.717, 1.165) is 22.3 Å². The van der Waals surface area contributed by atoms with Crippen LogP contribution in [0.3, 0.4) is 0 Å². The minimum absolute atomic E-state index is 0.0267. The Balaban J connectivity index is 0.000000218. The molecule has 3 N–H and O–H groups in total. The van der Waals surface area contributed by atoms with Crippen molar-refractivity contribution in [3.05, 3.63) is 201 Å². The predicted octanol–water partition coefficient (Wildman–Crippen LogP) is 10.3. The SMILES string of the molecule is Cc1ccc(C(N)c2ccc(C)cc2)cc1.Cc1ccc(C(NC(=O)OCC2c3ccccc3-c3ccccc32)c2ccc(C)cc2)cc1. The number of hydrogen-bond acceptors (Lipinski definition) is 3. The summed E-state index contributed by atoms with van der Waals surface area (Å²) < 4.78 is 5.81. The van der Waals surface area contributed by atoms with E-state index in [1.54, 1.807) is 0 Å². The number of carbonyl (C=O) groups is 1. The van der Waals surface area contributed by atoms with E-state index in [1.807, 2.05) is 12.1 Å². The minimum atomic E-state index is -0.414. The van der Waals surface area contributed by atoms with Gasteiger partial charge in [0.05, 0.1) is 12.1 Å². The summed E-state index contributed by atoms with van der Waals surface area (Å²) in [5, 5.41) is 3.10. The highest BCUT2D eigenvalue weighted by Gasteiger charge is 2.29. The number of alkyl carbamates (subject to hydrolysis) is 1. The van der Waals surface area contributed by atoms with Crippen LogP contribution in [-0.4, -0.2) is 12.7 Å². The van der Waals surface area contributed by atoms with Gasteiger partial charge < -0.3 is 15.8 Å². The van der Waals surface area contributed by atoms with E-state index in [1.165, 1.54) is 44.5 Å². The van der Waals surface area contributed by atoms with Crippen molar-refractivity contribution in [2.24, 2.45) is 5.73 Å². The zero-order valence-corrected chi connectivity index (χ0v) is 28.7. The van der Waals surface area contributed by atoms with Crippen LogP contribution in [0.1, 0.15) is 73.6 Å². The lowest BCUT2D eigenvalue weighted by Crippen LogP contribution is -2.31. The molecule has 1 aliphatic rings.